The molecule has 1 saturated heterocycles. The van der Waals surface area contributed by atoms with Gasteiger partial charge in [0.05, 0.1) is 28.0 Å². The van der Waals surface area contributed by atoms with Crippen molar-refractivity contribution in [2.75, 3.05) is 12.3 Å². The second-order valence-electron chi connectivity index (χ2n) is 4.50. The highest BCUT2D eigenvalue weighted by Crippen LogP contribution is 2.13. The average molecular weight is 261 g/mol. The molecule has 0 spiro atoms. The van der Waals surface area contributed by atoms with Crippen LogP contribution in [0.1, 0.15) is 12.8 Å². The van der Waals surface area contributed by atoms with E-state index in [9.17, 15) is 4.21 Å². The van der Waals surface area contributed by atoms with Gasteiger partial charge in [-0.15, -0.1) is 0 Å². The van der Waals surface area contributed by atoms with E-state index in [-0.39, 0.29) is 0 Å². The van der Waals surface area contributed by atoms with Crippen molar-refractivity contribution < 1.29 is 4.21 Å². The Morgan fingerprint density at radius 2 is 2.17 bits per heavy atom. The van der Waals surface area contributed by atoms with Gasteiger partial charge in [0, 0.05) is 11.8 Å². The van der Waals surface area contributed by atoms with E-state index in [0.717, 1.165) is 24.0 Å². The average Bonchev–Trinajstić information content (AvgIpc) is 2.91. The van der Waals surface area contributed by atoms with E-state index < -0.39 is 10.8 Å². The van der Waals surface area contributed by atoms with Crippen LogP contribution in [0.3, 0.4) is 0 Å². The Labute approximate surface area is 108 Å². The van der Waals surface area contributed by atoms with E-state index in [1.54, 1.807) is 6.20 Å². The van der Waals surface area contributed by atoms with E-state index in [1.165, 1.54) is 6.42 Å². The summed E-state index contributed by atoms with van der Waals surface area (Å²) in [4.78, 5) is 8.73. The minimum Gasteiger partial charge on any atom is -0.313 e. The smallest absolute Gasteiger partial charge is 0.146 e. The van der Waals surface area contributed by atoms with Crippen molar-refractivity contribution in [2.24, 2.45) is 0 Å². The predicted molar refractivity (Wildman–Crippen MR) is 71.8 cm³/mol. The second-order valence-corrected chi connectivity index (χ2v) is 5.95. The highest BCUT2D eigenvalue weighted by atomic mass is 32.2. The van der Waals surface area contributed by atoms with Gasteiger partial charge in [-0.3, -0.25) is 9.19 Å². The number of hydrogen-bond acceptors (Lipinski definition) is 4. The lowest BCUT2D eigenvalue weighted by atomic mass is 10.3. The van der Waals surface area contributed by atoms with Gasteiger partial charge in [-0.2, -0.15) is 0 Å². The first-order chi connectivity index (χ1) is 8.83. The van der Waals surface area contributed by atoms with E-state index in [0.29, 0.717) is 16.8 Å². The zero-order valence-electron chi connectivity index (χ0n) is 10.0. The largest absolute Gasteiger partial charge is 0.313 e. The van der Waals surface area contributed by atoms with Gasteiger partial charge >= 0.3 is 0 Å². The molecule has 1 N–H and O–H groups in total. The summed E-state index contributed by atoms with van der Waals surface area (Å²) in [5.74, 6) is 0.632. The summed E-state index contributed by atoms with van der Waals surface area (Å²) in [5, 5.41) is 3.94. The Balaban J connectivity index is 1.82. The van der Waals surface area contributed by atoms with E-state index in [2.05, 4.69) is 15.3 Å². The summed E-state index contributed by atoms with van der Waals surface area (Å²) in [7, 11) is -1.07. The second kappa shape index (κ2) is 5.12. The van der Waals surface area contributed by atoms with Crippen LogP contribution in [0.15, 0.2) is 35.5 Å². The number of hydrogen-bond donors (Lipinski definition) is 1. The fourth-order valence-electron chi connectivity index (χ4n) is 2.22. The van der Waals surface area contributed by atoms with E-state index >= 15 is 0 Å². The van der Waals surface area contributed by atoms with Crippen molar-refractivity contribution in [3.8, 4) is 0 Å². The molecule has 5 heteroatoms. The lowest BCUT2D eigenvalue weighted by Crippen LogP contribution is -2.27. The molecule has 0 aliphatic carbocycles. The topological polar surface area (TPSA) is 54.9 Å². The molecule has 3 rings (SSSR count). The summed E-state index contributed by atoms with van der Waals surface area (Å²) in [6.07, 6.45) is 3.91. The predicted octanol–water partition coefficient (Wildman–Crippen LogP) is 1.49. The fraction of sp³-hybridized carbons (Fsp3) is 0.385. The van der Waals surface area contributed by atoms with Crippen molar-refractivity contribution in [3.05, 3.63) is 30.5 Å². The molecule has 2 heterocycles. The van der Waals surface area contributed by atoms with Gasteiger partial charge in [-0.1, -0.05) is 12.1 Å². The van der Waals surface area contributed by atoms with Crippen molar-refractivity contribution in [3.63, 3.8) is 0 Å². The third kappa shape index (κ3) is 2.42. The monoisotopic (exact) mass is 261 g/mol. The molecule has 1 fully saturated rings. The molecule has 0 saturated carbocycles. The van der Waals surface area contributed by atoms with Crippen LogP contribution in [0.2, 0.25) is 0 Å². The van der Waals surface area contributed by atoms with Crippen LogP contribution < -0.4 is 5.32 Å². The van der Waals surface area contributed by atoms with Gasteiger partial charge in [0.15, 0.2) is 0 Å². The molecule has 4 nitrogen and oxygen atoms in total. The zero-order chi connectivity index (χ0) is 12.4. The fourth-order valence-corrected chi connectivity index (χ4v) is 3.41. The Kier molecular flexibility index (Phi) is 3.34. The van der Waals surface area contributed by atoms with Gasteiger partial charge < -0.3 is 5.32 Å². The van der Waals surface area contributed by atoms with Gasteiger partial charge in [-0.05, 0) is 31.5 Å². The first-order valence-corrected chi connectivity index (χ1v) is 7.48. The van der Waals surface area contributed by atoms with E-state index in [1.807, 2.05) is 24.3 Å². The lowest BCUT2D eigenvalue weighted by Gasteiger charge is -2.09. The molecular formula is C13H15N3OS. The third-order valence-electron chi connectivity index (χ3n) is 3.17. The maximum atomic E-state index is 12.2. The van der Waals surface area contributed by atoms with Crippen LogP contribution >= 0.6 is 0 Å². The molecule has 1 aliphatic rings. The van der Waals surface area contributed by atoms with Crippen LogP contribution in [-0.4, -0.2) is 32.5 Å². The van der Waals surface area contributed by atoms with Crippen LogP contribution in [0.25, 0.3) is 11.0 Å². The van der Waals surface area contributed by atoms with Gasteiger partial charge in [0.1, 0.15) is 5.03 Å². The van der Waals surface area contributed by atoms with Crippen LogP contribution in [0, 0.1) is 0 Å². The maximum absolute atomic E-state index is 12.2. The summed E-state index contributed by atoms with van der Waals surface area (Å²) in [6.45, 7) is 1.03. The third-order valence-corrected chi connectivity index (χ3v) is 4.54. The normalized spacial score (nSPS) is 21.2. The number of nitrogens with one attached hydrogen (secondary N) is 1. The summed E-state index contributed by atoms with van der Waals surface area (Å²) >= 11 is 0. The zero-order valence-corrected chi connectivity index (χ0v) is 10.8. The molecule has 0 amide bonds. The highest BCUT2D eigenvalue weighted by molar-refractivity contribution is 7.85. The first kappa shape index (κ1) is 11.7. The van der Waals surface area contributed by atoms with Gasteiger partial charge in [0.25, 0.3) is 0 Å². The van der Waals surface area contributed by atoms with Gasteiger partial charge in [-0.25, -0.2) is 4.98 Å². The molecule has 0 radical (unpaired) electrons. The van der Waals surface area contributed by atoms with Crippen molar-refractivity contribution >= 4 is 21.8 Å². The molecule has 1 aromatic carbocycles. The molecule has 1 aromatic heterocycles. The number of para-hydroxylation sites is 2. The number of aromatic nitrogens is 2. The maximum Gasteiger partial charge on any atom is 0.146 e. The van der Waals surface area contributed by atoms with Crippen molar-refractivity contribution in [1.82, 2.24) is 15.3 Å². The summed E-state index contributed by atoms with van der Waals surface area (Å²) in [5.41, 5.74) is 1.65. The van der Waals surface area contributed by atoms with Crippen molar-refractivity contribution in [2.45, 2.75) is 23.9 Å². The van der Waals surface area contributed by atoms with Crippen LogP contribution in [0.4, 0.5) is 0 Å². The number of benzene rings is 1. The molecule has 94 valence electrons. The Morgan fingerprint density at radius 1 is 1.33 bits per heavy atom. The van der Waals surface area contributed by atoms with Crippen LogP contribution in [0.5, 0.6) is 0 Å². The number of fused-ring (bicyclic) bond motifs is 1. The van der Waals surface area contributed by atoms with Gasteiger partial charge in [0.2, 0.25) is 0 Å². The highest BCUT2D eigenvalue weighted by Gasteiger charge is 2.18. The lowest BCUT2D eigenvalue weighted by molar-refractivity contribution is 0.641. The minimum absolute atomic E-state index is 0.360. The van der Waals surface area contributed by atoms with Crippen LogP contribution in [-0.2, 0) is 10.8 Å². The molecule has 2 aromatic rings. The summed E-state index contributed by atoms with van der Waals surface area (Å²) in [6, 6.07) is 8.02. The summed E-state index contributed by atoms with van der Waals surface area (Å²) < 4.78 is 12.2. The minimum atomic E-state index is -1.07. The SMILES string of the molecule is O=[S@@](C[C@@H]1CCCN1)c1cnc2ccccc2n1. The first-order valence-electron chi connectivity index (χ1n) is 6.16. The molecule has 0 unspecified atom stereocenters. The molecule has 1 aliphatic heterocycles. The molecule has 2 atom stereocenters. The molecule has 0 bridgehead atoms. The Morgan fingerprint density at radius 3 is 2.94 bits per heavy atom. The Hall–Kier alpha value is -1.33. The molecule has 18 heavy (non-hydrogen) atoms. The van der Waals surface area contributed by atoms with Crippen molar-refractivity contribution in [1.29, 1.82) is 0 Å². The Bertz CT molecular complexity index is 581. The van der Waals surface area contributed by atoms with E-state index in [4.69, 9.17) is 0 Å². The quantitative estimate of drug-likeness (QED) is 0.909. The molecular weight excluding hydrogens is 246 g/mol. The number of rotatable bonds is 3. The number of nitrogens with zero attached hydrogens (tertiary/aromatic N) is 2. The standard InChI is InChI=1S/C13H15N3OS/c17-18(9-10-4-3-7-14-10)13-8-15-11-5-1-2-6-12(11)16-13/h1-2,5-6,8,10,14H,3-4,7,9H2/t10-,18-/m0/s1.